The maximum atomic E-state index is 12.6. The maximum absolute atomic E-state index is 12.6. The molecule has 1 aromatic carbocycles. The standard InChI is InChI=1S/C16H22N2O3/c1-10(2)15(20)17-14-5-4-11(3)8-13(14)16(21)18-7-6-12(19)9-18/h4-5,8,10,12,19H,6-7,9H2,1-3H3,(H,17,20)/t12-/m1/s1. The number of amides is 2. The summed E-state index contributed by atoms with van der Waals surface area (Å²) >= 11 is 0. The fraction of sp³-hybridized carbons (Fsp3) is 0.500. The molecule has 0 aromatic heterocycles. The first-order valence-corrected chi connectivity index (χ1v) is 7.27. The Kier molecular flexibility index (Phi) is 4.63. The number of nitrogens with zero attached hydrogens (tertiary/aromatic N) is 1. The average molecular weight is 290 g/mol. The van der Waals surface area contributed by atoms with Crippen LogP contribution in [0.1, 0.15) is 36.2 Å². The lowest BCUT2D eigenvalue weighted by Crippen LogP contribution is -2.31. The lowest BCUT2D eigenvalue weighted by Gasteiger charge is -2.19. The lowest BCUT2D eigenvalue weighted by atomic mass is 10.1. The number of likely N-dealkylation sites (tertiary alicyclic amines) is 1. The summed E-state index contributed by atoms with van der Waals surface area (Å²) in [5, 5.41) is 12.4. The highest BCUT2D eigenvalue weighted by Crippen LogP contribution is 2.22. The molecule has 0 bridgehead atoms. The Morgan fingerprint density at radius 1 is 1.38 bits per heavy atom. The van der Waals surface area contributed by atoms with E-state index in [2.05, 4.69) is 5.32 Å². The molecule has 21 heavy (non-hydrogen) atoms. The highest BCUT2D eigenvalue weighted by molar-refractivity contribution is 6.04. The minimum atomic E-state index is -0.451. The molecule has 1 saturated heterocycles. The molecule has 0 unspecified atom stereocenters. The fourth-order valence-electron chi connectivity index (χ4n) is 2.32. The highest BCUT2D eigenvalue weighted by Gasteiger charge is 2.27. The second-order valence-corrected chi connectivity index (χ2v) is 5.89. The third kappa shape index (κ3) is 3.61. The number of aliphatic hydroxyl groups is 1. The molecular formula is C16H22N2O3. The number of aryl methyl sites for hydroxylation is 1. The van der Waals surface area contributed by atoms with Crippen molar-refractivity contribution < 1.29 is 14.7 Å². The van der Waals surface area contributed by atoms with Gasteiger partial charge in [-0.1, -0.05) is 25.5 Å². The first-order valence-electron chi connectivity index (χ1n) is 7.27. The van der Waals surface area contributed by atoms with Crippen LogP contribution in [-0.4, -0.2) is 41.0 Å². The normalized spacial score (nSPS) is 18.1. The molecule has 1 aliphatic heterocycles. The number of carbonyl (C=O) groups is 2. The van der Waals surface area contributed by atoms with Crippen LogP contribution in [0.15, 0.2) is 18.2 Å². The molecule has 1 aliphatic rings. The molecule has 1 heterocycles. The Morgan fingerprint density at radius 2 is 2.10 bits per heavy atom. The number of hydrogen-bond acceptors (Lipinski definition) is 3. The predicted octanol–water partition coefficient (Wildman–Crippen LogP) is 1.80. The quantitative estimate of drug-likeness (QED) is 0.891. The van der Waals surface area contributed by atoms with Crippen molar-refractivity contribution in [3.63, 3.8) is 0 Å². The van der Waals surface area contributed by atoms with Crippen molar-refractivity contribution in [1.82, 2.24) is 4.90 Å². The van der Waals surface area contributed by atoms with Crippen molar-refractivity contribution in [3.05, 3.63) is 29.3 Å². The number of rotatable bonds is 3. The van der Waals surface area contributed by atoms with Crippen molar-refractivity contribution in [2.45, 2.75) is 33.3 Å². The molecule has 5 heteroatoms. The first-order chi connectivity index (χ1) is 9.88. The van der Waals surface area contributed by atoms with E-state index in [-0.39, 0.29) is 17.7 Å². The Balaban J connectivity index is 2.26. The molecule has 1 fully saturated rings. The van der Waals surface area contributed by atoms with Gasteiger partial charge in [0.2, 0.25) is 5.91 Å². The topological polar surface area (TPSA) is 69.6 Å². The van der Waals surface area contributed by atoms with Gasteiger partial charge in [-0.3, -0.25) is 9.59 Å². The molecule has 1 atom stereocenters. The molecular weight excluding hydrogens is 268 g/mol. The van der Waals surface area contributed by atoms with Gasteiger partial charge in [0, 0.05) is 19.0 Å². The molecule has 0 aliphatic carbocycles. The summed E-state index contributed by atoms with van der Waals surface area (Å²) in [7, 11) is 0. The molecule has 0 spiro atoms. The van der Waals surface area contributed by atoms with Crippen LogP contribution in [-0.2, 0) is 4.79 Å². The van der Waals surface area contributed by atoms with Gasteiger partial charge in [-0.05, 0) is 25.5 Å². The first kappa shape index (κ1) is 15.5. The van der Waals surface area contributed by atoms with Crippen LogP contribution in [0.5, 0.6) is 0 Å². The Labute approximate surface area is 125 Å². The molecule has 2 rings (SSSR count). The molecule has 114 valence electrons. The van der Waals surface area contributed by atoms with E-state index in [1.54, 1.807) is 17.0 Å². The smallest absolute Gasteiger partial charge is 0.256 e. The average Bonchev–Trinajstić information content (AvgIpc) is 2.86. The van der Waals surface area contributed by atoms with Crippen LogP contribution in [0.4, 0.5) is 5.69 Å². The molecule has 2 N–H and O–H groups in total. The lowest BCUT2D eigenvalue weighted by molar-refractivity contribution is -0.118. The molecule has 5 nitrogen and oxygen atoms in total. The van der Waals surface area contributed by atoms with Gasteiger partial charge in [0.1, 0.15) is 0 Å². The highest BCUT2D eigenvalue weighted by atomic mass is 16.3. The van der Waals surface area contributed by atoms with E-state index in [0.29, 0.717) is 30.8 Å². The molecule has 0 radical (unpaired) electrons. The SMILES string of the molecule is Cc1ccc(NC(=O)C(C)C)c(C(=O)N2CC[C@@H](O)C2)c1. The van der Waals surface area contributed by atoms with E-state index < -0.39 is 6.10 Å². The van der Waals surface area contributed by atoms with Crippen molar-refractivity contribution in [2.75, 3.05) is 18.4 Å². The second kappa shape index (κ2) is 6.26. The van der Waals surface area contributed by atoms with Crippen LogP contribution < -0.4 is 5.32 Å². The summed E-state index contributed by atoms with van der Waals surface area (Å²) in [6.45, 7) is 6.42. The van der Waals surface area contributed by atoms with Crippen molar-refractivity contribution in [2.24, 2.45) is 5.92 Å². The maximum Gasteiger partial charge on any atom is 0.256 e. The van der Waals surface area contributed by atoms with Gasteiger partial charge in [0.25, 0.3) is 5.91 Å². The van der Waals surface area contributed by atoms with Gasteiger partial charge in [-0.25, -0.2) is 0 Å². The van der Waals surface area contributed by atoms with Gasteiger partial charge >= 0.3 is 0 Å². The van der Waals surface area contributed by atoms with E-state index in [4.69, 9.17) is 0 Å². The van der Waals surface area contributed by atoms with Crippen LogP contribution in [0.25, 0.3) is 0 Å². The Bertz CT molecular complexity index is 554. The van der Waals surface area contributed by atoms with Gasteiger partial charge in [-0.15, -0.1) is 0 Å². The summed E-state index contributed by atoms with van der Waals surface area (Å²) in [6, 6.07) is 5.41. The minimum absolute atomic E-state index is 0.116. The molecule has 1 aromatic rings. The summed E-state index contributed by atoms with van der Waals surface area (Å²) < 4.78 is 0. The van der Waals surface area contributed by atoms with E-state index in [1.807, 2.05) is 26.8 Å². The van der Waals surface area contributed by atoms with Crippen molar-refractivity contribution in [3.8, 4) is 0 Å². The number of carbonyl (C=O) groups excluding carboxylic acids is 2. The Morgan fingerprint density at radius 3 is 2.67 bits per heavy atom. The number of nitrogens with one attached hydrogen (secondary N) is 1. The number of aliphatic hydroxyl groups excluding tert-OH is 1. The largest absolute Gasteiger partial charge is 0.391 e. The van der Waals surface area contributed by atoms with Crippen molar-refractivity contribution >= 4 is 17.5 Å². The van der Waals surface area contributed by atoms with E-state index in [9.17, 15) is 14.7 Å². The number of β-amino-alcohol motifs (C(OH)–C–C–N with tert-alkyl or cyclic N) is 1. The van der Waals surface area contributed by atoms with Crippen LogP contribution >= 0.6 is 0 Å². The van der Waals surface area contributed by atoms with Gasteiger partial charge in [-0.2, -0.15) is 0 Å². The monoisotopic (exact) mass is 290 g/mol. The van der Waals surface area contributed by atoms with Crippen LogP contribution in [0, 0.1) is 12.8 Å². The summed E-state index contributed by atoms with van der Waals surface area (Å²) in [5.74, 6) is -0.411. The number of hydrogen-bond donors (Lipinski definition) is 2. The van der Waals surface area contributed by atoms with Crippen LogP contribution in [0.2, 0.25) is 0 Å². The zero-order valence-electron chi connectivity index (χ0n) is 12.7. The summed E-state index contributed by atoms with van der Waals surface area (Å²) in [4.78, 5) is 26.1. The van der Waals surface area contributed by atoms with Crippen LogP contribution in [0.3, 0.4) is 0 Å². The zero-order valence-corrected chi connectivity index (χ0v) is 12.7. The van der Waals surface area contributed by atoms with E-state index in [0.717, 1.165) is 5.56 Å². The second-order valence-electron chi connectivity index (χ2n) is 5.89. The zero-order chi connectivity index (χ0) is 15.6. The third-order valence-electron chi connectivity index (χ3n) is 3.64. The number of benzene rings is 1. The van der Waals surface area contributed by atoms with Gasteiger partial charge in [0.15, 0.2) is 0 Å². The molecule has 2 amide bonds. The van der Waals surface area contributed by atoms with E-state index in [1.165, 1.54) is 0 Å². The Hall–Kier alpha value is -1.88. The summed E-state index contributed by atoms with van der Waals surface area (Å²) in [5.41, 5.74) is 1.98. The summed E-state index contributed by atoms with van der Waals surface area (Å²) in [6.07, 6.45) is 0.151. The van der Waals surface area contributed by atoms with Gasteiger partial charge < -0.3 is 15.3 Å². The van der Waals surface area contributed by atoms with Gasteiger partial charge in [0.05, 0.1) is 17.4 Å². The molecule has 0 saturated carbocycles. The minimum Gasteiger partial charge on any atom is -0.391 e. The third-order valence-corrected chi connectivity index (χ3v) is 3.64. The van der Waals surface area contributed by atoms with Crippen molar-refractivity contribution in [1.29, 1.82) is 0 Å². The predicted molar refractivity (Wildman–Crippen MR) is 81.2 cm³/mol. The number of anilines is 1. The van der Waals surface area contributed by atoms with E-state index >= 15 is 0 Å². The fourth-order valence-corrected chi connectivity index (χ4v) is 2.32.